The maximum absolute atomic E-state index is 13.7. The first-order valence-corrected chi connectivity index (χ1v) is 11.4. The fourth-order valence-electron chi connectivity index (χ4n) is 4.19. The molecule has 3 N–H and O–H groups in total. The van der Waals surface area contributed by atoms with Gasteiger partial charge in [-0.2, -0.15) is 23.4 Å². The summed E-state index contributed by atoms with van der Waals surface area (Å²) in [4.78, 5) is 16.9. The Hall–Kier alpha value is -4.74. The molecule has 0 spiro atoms. The first kappa shape index (κ1) is 24.9. The number of nitrogens with zero attached hydrogens (tertiary/aromatic N) is 5. The molecule has 194 valence electrons. The van der Waals surface area contributed by atoms with Crippen molar-refractivity contribution in [1.82, 2.24) is 24.4 Å². The lowest BCUT2D eigenvalue weighted by Gasteiger charge is -2.09. The van der Waals surface area contributed by atoms with Gasteiger partial charge in [0, 0.05) is 22.9 Å². The number of rotatable bonds is 5. The SMILES string of the molecule is Cc1ccc(-c2cc(C(F)(F)F)c3c(N)ncnn23)cc1C(=O)Nc1cc(C)n(Cc2ccc(F)cc2)n1. The minimum absolute atomic E-state index is 0.106. The Bertz CT molecular complexity index is 1670. The summed E-state index contributed by atoms with van der Waals surface area (Å²) in [6.07, 6.45) is -3.61. The second-order valence-corrected chi connectivity index (χ2v) is 8.79. The summed E-state index contributed by atoms with van der Waals surface area (Å²) in [5.74, 6) is -0.834. The number of benzene rings is 2. The monoisotopic (exact) mass is 523 g/mol. The number of nitrogen functional groups attached to an aromatic ring is 1. The molecule has 0 aliphatic heterocycles. The molecule has 3 heterocycles. The molecule has 2 aromatic carbocycles. The predicted octanol–water partition coefficient (Wildman–Crippen LogP) is 5.25. The van der Waals surface area contributed by atoms with E-state index in [1.807, 2.05) is 6.92 Å². The third kappa shape index (κ3) is 4.67. The van der Waals surface area contributed by atoms with E-state index in [9.17, 15) is 22.4 Å². The number of hydrogen-bond donors (Lipinski definition) is 2. The van der Waals surface area contributed by atoms with Crippen molar-refractivity contribution >= 4 is 23.1 Å². The number of anilines is 2. The van der Waals surface area contributed by atoms with Crippen LogP contribution in [-0.4, -0.2) is 30.3 Å². The van der Waals surface area contributed by atoms with Crippen molar-refractivity contribution in [3.63, 3.8) is 0 Å². The first-order valence-electron chi connectivity index (χ1n) is 11.4. The van der Waals surface area contributed by atoms with E-state index in [-0.39, 0.29) is 28.4 Å². The highest BCUT2D eigenvalue weighted by Crippen LogP contribution is 2.38. The van der Waals surface area contributed by atoms with Crippen LogP contribution in [0.1, 0.15) is 32.7 Å². The van der Waals surface area contributed by atoms with Crippen LogP contribution in [0.2, 0.25) is 0 Å². The van der Waals surface area contributed by atoms with Gasteiger partial charge in [-0.05, 0) is 49.2 Å². The number of halogens is 4. The molecule has 5 rings (SSSR count). The van der Waals surface area contributed by atoms with Crippen molar-refractivity contribution in [3.05, 3.63) is 94.7 Å². The van der Waals surface area contributed by atoms with Crippen molar-refractivity contribution in [2.75, 3.05) is 11.1 Å². The maximum Gasteiger partial charge on any atom is 0.418 e. The third-order valence-corrected chi connectivity index (χ3v) is 6.13. The molecule has 8 nitrogen and oxygen atoms in total. The van der Waals surface area contributed by atoms with Crippen LogP contribution in [-0.2, 0) is 12.7 Å². The van der Waals surface area contributed by atoms with Gasteiger partial charge < -0.3 is 11.1 Å². The summed E-state index contributed by atoms with van der Waals surface area (Å²) in [6.45, 7) is 3.92. The summed E-state index contributed by atoms with van der Waals surface area (Å²) >= 11 is 0. The van der Waals surface area contributed by atoms with Crippen LogP contribution in [0.5, 0.6) is 0 Å². The zero-order valence-electron chi connectivity index (χ0n) is 20.2. The molecule has 5 aromatic rings. The largest absolute Gasteiger partial charge is 0.418 e. The molecule has 0 radical (unpaired) electrons. The van der Waals surface area contributed by atoms with E-state index in [0.717, 1.165) is 28.2 Å². The van der Waals surface area contributed by atoms with Gasteiger partial charge in [0.15, 0.2) is 11.6 Å². The first-order chi connectivity index (χ1) is 18.0. The lowest BCUT2D eigenvalue weighted by atomic mass is 10.0. The third-order valence-electron chi connectivity index (χ3n) is 6.13. The highest BCUT2D eigenvalue weighted by molar-refractivity contribution is 6.05. The van der Waals surface area contributed by atoms with Gasteiger partial charge in [0.25, 0.3) is 5.91 Å². The molecule has 0 atom stereocenters. The quantitative estimate of drug-likeness (QED) is 0.306. The summed E-state index contributed by atoms with van der Waals surface area (Å²) in [6, 6.07) is 13.4. The molecule has 1 amide bonds. The zero-order valence-corrected chi connectivity index (χ0v) is 20.2. The lowest BCUT2D eigenvalue weighted by molar-refractivity contribution is -0.136. The minimum Gasteiger partial charge on any atom is -0.382 e. The average molecular weight is 523 g/mol. The Morgan fingerprint density at radius 2 is 1.79 bits per heavy atom. The van der Waals surface area contributed by atoms with Crippen LogP contribution in [0.25, 0.3) is 16.8 Å². The number of aryl methyl sites for hydroxylation is 2. The van der Waals surface area contributed by atoms with Gasteiger partial charge in [-0.25, -0.2) is 13.9 Å². The van der Waals surface area contributed by atoms with Crippen LogP contribution in [0, 0.1) is 19.7 Å². The van der Waals surface area contributed by atoms with Crippen LogP contribution < -0.4 is 11.1 Å². The van der Waals surface area contributed by atoms with E-state index in [1.54, 1.807) is 41.9 Å². The number of aromatic nitrogens is 5. The zero-order chi connectivity index (χ0) is 27.2. The van der Waals surface area contributed by atoms with E-state index >= 15 is 0 Å². The Balaban J connectivity index is 1.46. The minimum atomic E-state index is -4.68. The Morgan fingerprint density at radius 1 is 1.05 bits per heavy atom. The van der Waals surface area contributed by atoms with Gasteiger partial charge in [0.2, 0.25) is 0 Å². The van der Waals surface area contributed by atoms with E-state index in [4.69, 9.17) is 5.73 Å². The van der Waals surface area contributed by atoms with Gasteiger partial charge in [-0.15, -0.1) is 0 Å². The standard InChI is InChI=1S/C26H21F4N7O/c1-14-3-6-17(21-11-20(26(28,29)30)23-24(31)32-13-33-37(21)23)10-19(14)25(38)34-22-9-15(2)36(35-22)12-16-4-7-18(27)8-5-16/h3-11,13H,12H2,1-2H3,(H2,31,32,33)(H,34,35,38). The van der Waals surface area contributed by atoms with Crippen molar-refractivity contribution in [3.8, 4) is 11.3 Å². The lowest BCUT2D eigenvalue weighted by Crippen LogP contribution is -2.14. The van der Waals surface area contributed by atoms with Gasteiger partial charge in [0.05, 0.1) is 17.8 Å². The predicted molar refractivity (Wildman–Crippen MR) is 133 cm³/mol. The number of amides is 1. The van der Waals surface area contributed by atoms with E-state index < -0.39 is 17.6 Å². The number of fused-ring (bicyclic) bond motifs is 1. The highest BCUT2D eigenvalue weighted by atomic mass is 19.4. The molecule has 38 heavy (non-hydrogen) atoms. The maximum atomic E-state index is 13.7. The fraction of sp³-hybridized carbons (Fsp3) is 0.154. The molecular formula is C26H21F4N7O. The molecular weight excluding hydrogens is 502 g/mol. The van der Waals surface area contributed by atoms with Crippen molar-refractivity contribution in [1.29, 1.82) is 0 Å². The van der Waals surface area contributed by atoms with Crippen LogP contribution in [0.4, 0.5) is 29.2 Å². The van der Waals surface area contributed by atoms with Crippen molar-refractivity contribution in [2.45, 2.75) is 26.6 Å². The Morgan fingerprint density at radius 3 is 2.50 bits per heavy atom. The van der Waals surface area contributed by atoms with E-state index in [0.29, 0.717) is 23.5 Å². The van der Waals surface area contributed by atoms with Gasteiger partial charge in [-0.3, -0.25) is 9.48 Å². The second-order valence-electron chi connectivity index (χ2n) is 8.79. The fourth-order valence-corrected chi connectivity index (χ4v) is 4.19. The van der Waals surface area contributed by atoms with Crippen molar-refractivity contribution in [2.24, 2.45) is 0 Å². The summed E-state index contributed by atoms with van der Waals surface area (Å²) < 4.78 is 57.1. The van der Waals surface area contributed by atoms with E-state index in [2.05, 4.69) is 20.5 Å². The summed E-state index contributed by atoms with van der Waals surface area (Å²) in [5.41, 5.74) is 7.32. The number of nitrogens with two attached hydrogens (primary N) is 1. The van der Waals surface area contributed by atoms with Crippen LogP contribution in [0.15, 0.2) is 60.9 Å². The van der Waals surface area contributed by atoms with Crippen LogP contribution >= 0.6 is 0 Å². The molecule has 0 saturated carbocycles. The van der Waals surface area contributed by atoms with Gasteiger partial charge >= 0.3 is 6.18 Å². The second kappa shape index (κ2) is 9.29. The highest BCUT2D eigenvalue weighted by Gasteiger charge is 2.36. The topological polar surface area (TPSA) is 103 Å². The molecule has 0 saturated heterocycles. The molecule has 0 aliphatic rings. The van der Waals surface area contributed by atoms with E-state index in [1.165, 1.54) is 18.2 Å². The van der Waals surface area contributed by atoms with Gasteiger partial charge in [0.1, 0.15) is 17.7 Å². The smallest absolute Gasteiger partial charge is 0.382 e. The number of carbonyl (C=O) groups excluding carboxylic acids is 1. The van der Waals surface area contributed by atoms with Crippen molar-refractivity contribution < 1.29 is 22.4 Å². The van der Waals surface area contributed by atoms with Gasteiger partial charge in [-0.1, -0.05) is 24.3 Å². The molecule has 3 aromatic heterocycles. The number of carbonyl (C=O) groups is 1. The molecule has 0 aliphatic carbocycles. The Kier molecular flexibility index (Phi) is 6.09. The average Bonchev–Trinajstić information content (AvgIpc) is 3.42. The normalized spacial score (nSPS) is 11.7. The molecule has 12 heteroatoms. The van der Waals surface area contributed by atoms with Crippen LogP contribution in [0.3, 0.4) is 0 Å². The summed E-state index contributed by atoms with van der Waals surface area (Å²) in [7, 11) is 0. The molecule has 0 unspecified atom stereocenters. The molecule has 0 fully saturated rings. The number of nitrogens with one attached hydrogen (secondary N) is 1. The Labute approximate surface area is 213 Å². The number of alkyl halides is 3. The summed E-state index contributed by atoms with van der Waals surface area (Å²) in [5, 5.41) is 11.1. The number of hydrogen-bond acceptors (Lipinski definition) is 5. The molecule has 0 bridgehead atoms.